The number of nitrogens with one attached hydrogen (secondary N) is 3. The number of anilines is 4. The minimum atomic E-state index is -0.138. The van der Waals surface area contributed by atoms with Crippen LogP contribution in [0.2, 0.25) is 0 Å². The number of pyridine rings is 1. The van der Waals surface area contributed by atoms with Crippen molar-refractivity contribution in [1.29, 1.82) is 0 Å². The van der Waals surface area contributed by atoms with Crippen molar-refractivity contribution in [1.82, 2.24) is 4.98 Å². The molecule has 3 N–H and O–H groups in total. The third-order valence-electron chi connectivity index (χ3n) is 2.54. The lowest BCUT2D eigenvalue weighted by atomic mass is 10.2. The van der Waals surface area contributed by atoms with E-state index in [1.165, 1.54) is 13.8 Å². The maximum absolute atomic E-state index is 11.0. The molecular formula is C15H16N4O2. The van der Waals surface area contributed by atoms with Gasteiger partial charge in [-0.2, -0.15) is 0 Å². The molecular weight excluding hydrogens is 268 g/mol. The van der Waals surface area contributed by atoms with Crippen LogP contribution in [0, 0.1) is 0 Å². The minimum Gasteiger partial charge on any atom is -0.340 e. The van der Waals surface area contributed by atoms with Crippen molar-refractivity contribution in [2.75, 3.05) is 16.0 Å². The van der Waals surface area contributed by atoms with Gasteiger partial charge in [-0.1, -0.05) is 6.07 Å². The molecule has 0 saturated heterocycles. The van der Waals surface area contributed by atoms with E-state index in [-0.39, 0.29) is 11.8 Å². The molecule has 0 aliphatic rings. The summed E-state index contributed by atoms with van der Waals surface area (Å²) < 4.78 is 0. The molecule has 6 heteroatoms. The van der Waals surface area contributed by atoms with Gasteiger partial charge in [0.05, 0.1) is 11.9 Å². The highest BCUT2D eigenvalue weighted by molar-refractivity contribution is 5.89. The largest absolute Gasteiger partial charge is 0.340 e. The summed E-state index contributed by atoms with van der Waals surface area (Å²) in [5, 5.41) is 8.49. The first-order valence-electron chi connectivity index (χ1n) is 6.41. The summed E-state index contributed by atoms with van der Waals surface area (Å²) >= 11 is 0. The van der Waals surface area contributed by atoms with Crippen LogP contribution in [0.5, 0.6) is 0 Å². The lowest BCUT2D eigenvalue weighted by Gasteiger charge is -2.09. The zero-order valence-corrected chi connectivity index (χ0v) is 11.8. The van der Waals surface area contributed by atoms with Gasteiger partial charge in [-0.3, -0.25) is 9.59 Å². The zero-order chi connectivity index (χ0) is 15.2. The number of carbonyl (C=O) groups excluding carboxylic acids is 2. The third-order valence-corrected chi connectivity index (χ3v) is 2.54. The summed E-state index contributed by atoms with van der Waals surface area (Å²) in [6.45, 7) is 2.90. The Morgan fingerprint density at radius 2 is 1.57 bits per heavy atom. The van der Waals surface area contributed by atoms with Crippen molar-refractivity contribution in [3.05, 3.63) is 42.6 Å². The zero-order valence-electron chi connectivity index (χ0n) is 11.8. The quantitative estimate of drug-likeness (QED) is 0.806. The highest BCUT2D eigenvalue weighted by Crippen LogP contribution is 2.19. The van der Waals surface area contributed by atoms with Gasteiger partial charge in [0.1, 0.15) is 5.82 Å². The van der Waals surface area contributed by atoms with Crippen molar-refractivity contribution in [2.45, 2.75) is 13.8 Å². The van der Waals surface area contributed by atoms with Gasteiger partial charge in [-0.05, 0) is 30.3 Å². The van der Waals surface area contributed by atoms with Crippen LogP contribution in [0.25, 0.3) is 0 Å². The van der Waals surface area contributed by atoms with E-state index in [0.29, 0.717) is 17.2 Å². The fraction of sp³-hybridized carbons (Fsp3) is 0.133. The molecule has 1 heterocycles. The molecule has 1 aromatic heterocycles. The summed E-state index contributed by atoms with van der Waals surface area (Å²) in [6.07, 6.45) is 1.57. The fourth-order valence-corrected chi connectivity index (χ4v) is 1.77. The fourth-order valence-electron chi connectivity index (χ4n) is 1.77. The van der Waals surface area contributed by atoms with Crippen LogP contribution in [0.3, 0.4) is 0 Å². The Bertz CT molecular complexity index is 653. The average Bonchev–Trinajstić information content (AvgIpc) is 2.40. The highest BCUT2D eigenvalue weighted by atomic mass is 16.2. The van der Waals surface area contributed by atoms with E-state index >= 15 is 0 Å². The van der Waals surface area contributed by atoms with E-state index in [9.17, 15) is 9.59 Å². The van der Waals surface area contributed by atoms with Gasteiger partial charge in [0.25, 0.3) is 0 Å². The van der Waals surface area contributed by atoms with Gasteiger partial charge in [0.2, 0.25) is 11.8 Å². The minimum absolute atomic E-state index is 0.120. The summed E-state index contributed by atoms with van der Waals surface area (Å²) in [7, 11) is 0. The Labute approximate surface area is 122 Å². The molecule has 0 saturated carbocycles. The van der Waals surface area contributed by atoms with Crippen molar-refractivity contribution in [3.8, 4) is 0 Å². The standard InChI is InChI=1S/C15H16N4O2/c1-10(20)17-12-4-3-5-13(8-12)19-15-7-6-14(9-16-15)18-11(2)21/h3-9H,1-2H3,(H,16,19)(H,17,20)(H,18,21). The smallest absolute Gasteiger partial charge is 0.221 e. The van der Waals surface area contributed by atoms with Gasteiger partial charge >= 0.3 is 0 Å². The second kappa shape index (κ2) is 6.51. The van der Waals surface area contributed by atoms with Gasteiger partial charge in [0.15, 0.2) is 0 Å². The van der Waals surface area contributed by atoms with E-state index in [4.69, 9.17) is 0 Å². The predicted octanol–water partition coefficient (Wildman–Crippen LogP) is 2.74. The molecule has 0 atom stereocenters. The van der Waals surface area contributed by atoms with Gasteiger partial charge in [-0.15, -0.1) is 0 Å². The first kappa shape index (κ1) is 14.5. The van der Waals surface area contributed by atoms with Crippen LogP contribution >= 0.6 is 0 Å². The van der Waals surface area contributed by atoms with E-state index in [1.807, 2.05) is 18.2 Å². The van der Waals surface area contributed by atoms with Crippen LogP contribution in [0.4, 0.5) is 22.9 Å². The van der Waals surface area contributed by atoms with Crippen molar-refractivity contribution in [2.24, 2.45) is 0 Å². The summed E-state index contributed by atoms with van der Waals surface area (Å²) in [5.74, 6) is 0.384. The summed E-state index contributed by atoms with van der Waals surface area (Å²) in [5.41, 5.74) is 2.16. The van der Waals surface area contributed by atoms with Crippen LogP contribution in [-0.2, 0) is 9.59 Å². The van der Waals surface area contributed by atoms with Gasteiger partial charge < -0.3 is 16.0 Å². The number of nitrogens with zero attached hydrogens (tertiary/aromatic N) is 1. The van der Waals surface area contributed by atoms with Crippen LogP contribution in [-0.4, -0.2) is 16.8 Å². The molecule has 0 radical (unpaired) electrons. The van der Waals surface area contributed by atoms with E-state index in [1.54, 1.807) is 24.4 Å². The van der Waals surface area contributed by atoms with E-state index < -0.39 is 0 Å². The van der Waals surface area contributed by atoms with Crippen LogP contribution in [0.1, 0.15) is 13.8 Å². The molecule has 0 aliphatic carbocycles. The molecule has 0 fully saturated rings. The number of rotatable bonds is 4. The van der Waals surface area contributed by atoms with Crippen molar-refractivity contribution in [3.63, 3.8) is 0 Å². The molecule has 0 aliphatic heterocycles. The normalized spacial score (nSPS) is 9.81. The second-order valence-electron chi connectivity index (χ2n) is 4.50. The number of carbonyl (C=O) groups is 2. The van der Waals surface area contributed by atoms with Crippen LogP contribution < -0.4 is 16.0 Å². The lowest BCUT2D eigenvalue weighted by Crippen LogP contribution is -2.06. The Morgan fingerprint density at radius 3 is 2.19 bits per heavy atom. The molecule has 108 valence electrons. The summed E-state index contributed by atoms with van der Waals surface area (Å²) in [4.78, 5) is 26.2. The Hall–Kier alpha value is -2.89. The first-order valence-corrected chi connectivity index (χ1v) is 6.41. The Kier molecular flexibility index (Phi) is 4.50. The SMILES string of the molecule is CC(=O)Nc1ccc(Nc2cccc(NC(C)=O)c2)nc1. The number of hydrogen-bond donors (Lipinski definition) is 3. The summed E-state index contributed by atoms with van der Waals surface area (Å²) in [6, 6.07) is 10.8. The van der Waals surface area contributed by atoms with Crippen molar-refractivity contribution < 1.29 is 9.59 Å². The maximum Gasteiger partial charge on any atom is 0.221 e. The molecule has 0 unspecified atom stereocenters. The van der Waals surface area contributed by atoms with E-state index in [2.05, 4.69) is 20.9 Å². The molecule has 21 heavy (non-hydrogen) atoms. The van der Waals surface area contributed by atoms with Crippen LogP contribution in [0.15, 0.2) is 42.6 Å². The monoisotopic (exact) mass is 284 g/mol. The van der Waals surface area contributed by atoms with Gasteiger partial charge in [-0.25, -0.2) is 4.98 Å². The number of amides is 2. The predicted molar refractivity (Wildman–Crippen MR) is 82.6 cm³/mol. The molecule has 2 rings (SSSR count). The lowest BCUT2D eigenvalue weighted by molar-refractivity contribution is -0.115. The second-order valence-corrected chi connectivity index (χ2v) is 4.50. The molecule has 0 spiro atoms. The first-order chi connectivity index (χ1) is 10.0. The molecule has 1 aromatic carbocycles. The topological polar surface area (TPSA) is 83.1 Å². The Balaban J connectivity index is 2.07. The molecule has 6 nitrogen and oxygen atoms in total. The van der Waals surface area contributed by atoms with Crippen molar-refractivity contribution >= 4 is 34.7 Å². The van der Waals surface area contributed by atoms with Gasteiger partial charge in [0, 0.05) is 25.2 Å². The molecule has 2 amide bonds. The maximum atomic E-state index is 11.0. The number of benzene rings is 1. The molecule has 2 aromatic rings. The highest BCUT2D eigenvalue weighted by Gasteiger charge is 2.01. The molecule has 0 bridgehead atoms. The Morgan fingerprint density at radius 1 is 0.905 bits per heavy atom. The van der Waals surface area contributed by atoms with E-state index in [0.717, 1.165) is 5.69 Å². The average molecular weight is 284 g/mol. The number of aromatic nitrogens is 1. The number of hydrogen-bond acceptors (Lipinski definition) is 4. The third kappa shape index (κ3) is 4.61.